The van der Waals surface area contributed by atoms with Crippen molar-refractivity contribution in [3.8, 4) is 34.0 Å². The highest BCUT2D eigenvalue weighted by Gasteiger charge is 2.15. The molecule has 2 N–H and O–H groups in total. The van der Waals surface area contributed by atoms with Crippen molar-refractivity contribution in [3.05, 3.63) is 83.4 Å². The minimum Gasteiger partial charge on any atom is -0.481 e. The Labute approximate surface area is 197 Å². The van der Waals surface area contributed by atoms with E-state index in [1.807, 2.05) is 73.7 Å². The number of aromatic nitrogens is 2. The maximum absolute atomic E-state index is 12.0. The molecule has 0 bridgehead atoms. The van der Waals surface area contributed by atoms with Crippen molar-refractivity contribution in [2.24, 2.45) is 0 Å². The molecule has 4 rings (SSSR count). The van der Waals surface area contributed by atoms with Crippen LogP contribution in [0.1, 0.15) is 34.8 Å². The Morgan fingerprint density at radius 1 is 0.971 bits per heavy atom. The lowest BCUT2D eigenvalue weighted by atomic mass is 9.93. The number of hydrogen-bond acceptors (Lipinski definition) is 6. The van der Waals surface area contributed by atoms with Gasteiger partial charge in [0.1, 0.15) is 0 Å². The number of carboxylic acid groups (broad SMARTS) is 1. The summed E-state index contributed by atoms with van der Waals surface area (Å²) in [5.74, 6) is 0.122. The molecule has 0 spiro atoms. The summed E-state index contributed by atoms with van der Waals surface area (Å²) in [5.41, 5.74) is 6.26. The molecule has 172 valence electrons. The van der Waals surface area contributed by atoms with Gasteiger partial charge in [-0.25, -0.2) is 0 Å². The van der Waals surface area contributed by atoms with E-state index in [-0.39, 0.29) is 12.2 Å². The second kappa shape index (κ2) is 10.2. The summed E-state index contributed by atoms with van der Waals surface area (Å²) < 4.78 is 5.52. The molecular formula is C27H25N3O4. The van der Waals surface area contributed by atoms with Crippen LogP contribution in [0.2, 0.25) is 0 Å². The largest absolute Gasteiger partial charge is 0.481 e. The molecule has 0 aliphatic heterocycles. The van der Waals surface area contributed by atoms with E-state index in [2.05, 4.69) is 15.5 Å². The molecule has 0 unspecified atom stereocenters. The third kappa shape index (κ3) is 5.27. The SMILES string of the molecule is CC(=O)c1ccccc1-c1ccc(-c2nc(-c3ccc(CNCCC(=O)O)cc3)no2)cc1C. The Morgan fingerprint density at radius 3 is 2.41 bits per heavy atom. The summed E-state index contributed by atoms with van der Waals surface area (Å²) in [5, 5.41) is 15.9. The van der Waals surface area contributed by atoms with E-state index in [4.69, 9.17) is 9.63 Å². The predicted molar refractivity (Wildman–Crippen MR) is 129 cm³/mol. The number of nitrogens with one attached hydrogen (secondary N) is 1. The quantitative estimate of drug-likeness (QED) is 0.266. The average molecular weight is 456 g/mol. The molecule has 1 heterocycles. The lowest BCUT2D eigenvalue weighted by molar-refractivity contribution is -0.136. The molecule has 34 heavy (non-hydrogen) atoms. The van der Waals surface area contributed by atoms with Crippen molar-refractivity contribution < 1.29 is 19.2 Å². The zero-order valence-electron chi connectivity index (χ0n) is 19.0. The molecule has 0 radical (unpaired) electrons. The Morgan fingerprint density at radius 2 is 1.71 bits per heavy atom. The fourth-order valence-corrected chi connectivity index (χ4v) is 3.78. The Kier molecular flexibility index (Phi) is 6.94. The van der Waals surface area contributed by atoms with Gasteiger partial charge in [0.25, 0.3) is 5.89 Å². The molecule has 0 aliphatic carbocycles. The van der Waals surface area contributed by atoms with Gasteiger partial charge in [0.05, 0.1) is 6.42 Å². The van der Waals surface area contributed by atoms with E-state index >= 15 is 0 Å². The van der Waals surface area contributed by atoms with Crippen LogP contribution >= 0.6 is 0 Å². The van der Waals surface area contributed by atoms with Crippen LogP contribution in [0.25, 0.3) is 34.0 Å². The normalized spacial score (nSPS) is 10.9. The van der Waals surface area contributed by atoms with Gasteiger partial charge >= 0.3 is 5.97 Å². The van der Waals surface area contributed by atoms with Crippen LogP contribution in [0.3, 0.4) is 0 Å². The summed E-state index contributed by atoms with van der Waals surface area (Å²) >= 11 is 0. The molecular weight excluding hydrogens is 430 g/mol. The first kappa shape index (κ1) is 23.1. The first-order valence-corrected chi connectivity index (χ1v) is 11.0. The second-order valence-electron chi connectivity index (χ2n) is 8.07. The molecule has 0 saturated heterocycles. The van der Waals surface area contributed by atoms with Crippen molar-refractivity contribution in [2.75, 3.05) is 6.54 Å². The zero-order valence-corrected chi connectivity index (χ0v) is 19.0. The fourth-order valence-electron chi connectivity index (χ4n) is 3.78. The Bertz CT molecular complexity index is 1330. The van der Waals surface area contributed by atoms with Gasteiger partial charge in [-0.05, 0) is 48.2 Å². The highest BCUT2D eigenvalue weighted by Crippen LogP contribution is 2.31. The Balaban J connectivity index is 1.50. The van der Waals surface area contributed by atoms with Crippen LogP contribution in [0, 0.1) is 6.92 Å². The van der Waals surface area contributed by atoms with Crippen molar-refractivity contribution in [2.45, 2.75) is 26.8 Å². The van der Waals surface area contributed by atoms with E-state index in [0.717, 1.165) is 33.4 Å². The average Bonchev–Trinajstić information content (AvgIpc) is 3.32. The third-order valence-electron chi connectivity index (χ3n) is 5.55. The van der Waals surface area contributed by atoms with E-state index in [1.54, 1.807) is 6.92 Å². The molecule has 0 saturated carbocycles. The molecule has 0 fully saturated rings. The summed E-state index contributed by atoms with van der Waals surface area (Å²) in [6.07, 6.45) is 0.0907. The molecule has 0 amide bonds. The van der Waals surface area contributed by atoms with E-state index < -0.39 is 5.97 Å². The number of rotatable bonds is 9. The maximum atomic E-state index is 12.0. The number of hydrogen-bond donors (Lipinski definition) is 2. The Hall–Kier alpha value is -4.10. The molecule has 0 atom stereocenters. The summed E-state index contributed by atoms with van der Waals surface area (Å²) in [7, 11) is 0. The van der Waals surface area contributed by atoms with E-state index in [1.165, 1.54) is 0 Å². The number of Topliss-reactive ketones (excluding diaryl/α,β-unsaturated/α-hetero) is 1. The number of aryl methyl sites for hydroxylation is 1. The maximum Gasteiger partial charge on any atom is 0.304 e. The van der Waals surface area contributed by atoms with Gasteiger partial charge in [-0.1, -0.05) is 59.8 Å². The smallest absolute Gasteiger partial charge is 0.304 e. The van der Waals surface area contributed by atoms with E-state index in [9.17, 15) is 9.59 Å². The summed E-state index contributed by atoms with van der Waals surface area (Å²) in [6, 6.07) is 21.2. The molecule has 3 aromatic carbocycles. The van der Waals surface area contributed by atoms with Crippen LogP contribution in [0.4, 0.5) is 0 Å². The number of aliphatic carboxylic acids is 1. The van der Waals surface area contributed by atoms with Crippen LogP contribution in [-0.4, -0.2) is 33.5 Å². The molecule has 4 aromatic rings. The minimum atomic E-state index is -0.818. The zero-order chi connectivity index (χ0) is 24.1. The lowest BCUT2D eigenvalue weighted by Crippen LogP contribution is -2.17. The van der Waals surface area contributed by atoms with Gasteiger partial charge in [-0.15, -0.1) is 0 Å². The van der Waals surface area contributed by atoms with Crippen LogP contribution < -0.4 is 5.32 Å². The fraction of sp³-hybridized carbons (Fsp3) is 0.185. The van der Waals surface area contributed by atoms with Crippen LogP contribution in [0.15, 0.2) is 71.3 Å². The van der Waals surface area contributed by atoms with Crippen molar-refractivity contribution in [1.82, 2.24) is 15.5 Å². The lowest BCUT2D eigenvalue weighted by Gasteiger charge is -2.11. The van der Waals surface area contributed by atoms with Gasteiger partial charge in [0, 0.05) is 29.8 Å². The van der Waals surface area contributed by atoms with Gasteiger partial charge in [0.2, 0.25) is 5.82 Å². The first-order chi connectivity index (χ1) is 16.4. The number of carbonyl (C=O) groups excluding carboxylic acids is 1. The first-order valence-electron chi connectivity index (χ1n) is 11.0. The van der Waals surface area contributed by atoms with E-state index in [0.29, 0.717) is 30.4 Å². The molecule has 1 aromatic heterocycles. The van der Waals surface area contributed by atoms with Gasteiger partial charge in [0.15, 0.2) is 5.78 Å². The number of ketones is 1. The third-order valence-corrected chi connectivity index (χ3v) is 5.55. The van der Waals surface area contributed by atoms with Crippen LogP contribution in [0.5, 0.6) is 0 Å². The number of carboxylic acids is 1. The van der Waals surface area contributed by atoms with Crippen LogP contribution in [-0.2, 0) is 11.3 Å². The highest BCUT2D eigenvalue weighted by molar-refractivity contribution is 6.01. The standard InChI is InChI=1S/C27H25N3O4/c1-17-15-21(11-12-22(17)24-6-4-3-5-23(24)18(2)31)27-29-26(30-34-27)20-9-7-19(8-10-20)16-28-14-13-25(32)33/h3-12,15,28H,13-14,16H2,1-2H3,(H,32,33). The molecule has 7 nitrogen and oxygen atoms in total. The monoisotopic (exact) mass is 455 g/mol. The topological polar surface area (TPSA) is 105 Å². The molecule has 7 heteroatoms. The van der Waals surface area contributed by atoms with Gasteiger partial charge in [-0.3, -0.25) is 9.59 Å². The molecule has 0 aliphatic rings. The van der Waals surface area contributed by atoms with Crippen molar-refractivity contribution >= 4 is 11.8 Å². The number of carbonyl (C=O) groups is 2. The van der Waals surface area contributed by atoms with Crippen molar-refractivity contribution in [1.29, 1.82) is 0 Å². The van der Waals surface area contributed by atoms with Crippen molar-refractivity contribution in [3.63, 3.8) is 0 Å². The highest BCUT2D eigenvalue weighted by atomic mass is 16.5. The number of benzene rings is 3. The second-order valence-corrected chi connectivity index (χ2v) is 8.07. The number of nitrogens with zero attached hydrogens (tertiary/aromatic N) is 2. The predicted octanol–water partition coefficient (Wildman–Crippen LogP) is 5.15. The van der Waals surface area contributed by atoms with Gasteiger partial charge < -0.3 is 14.9 Å². The summed E-state index contributed by atoms with van der Waals surface area (Å²) in [6.45, 7) is 4.58. The summed E-state index contributed by atoms with van der Waals surface area (Å²) in [4.78, 5) is 27.2. The minimum absolute atomic E-state index is 0.0303. The van der Waals surface area contributed by atoms with Gasteiger partial charge in [-0.2, -0.15) is 4.98 Å².